The van der Waals surface area contributed by atoms with Crippen molar-refractivity contribution in [3.8, 4) is 0 Å². The molecule has 0 spiro atoms. The zero-order chi connectivity index (χ0) is 12.8. The van der Waals surface area contributed by atoms with Crippen molar-refractivity contribution in [2.45, 2.75) is 38.3 Å². The lowest BCUT2D eigenvalue weighted by Gasteiger charge is -2.36. The lowest BCUT2D eigenvalue weighted by Crippen LogP contribution is -2.45. The normalized spacial score (nSPS) is 19.8. The monoisotopic (exact) mass is 250 g/mol. The summed E-state index contributed by atoms with van der Waals surface area (Å²) in [5, 5.41) is 0. The van der Waals surface area contributed by atoms with E-state index in [0.29, 0.717) is 19.0 Å². The summed E-state index contributed by atoms with van der Waals surface area (Å²) in [7, 11) is 0. The van der Waals surface area contributed by atoms with E-state index in [1.165, 1.54) is 11.1 Å². The Bertz CT molecular complexity index is 367. The van der Waals surface area contributed by atoms with Crippen molar-refractivity contribution in [2.24, 2.45) is 5.73 Å². The summed E-state index contributed by atoms with van der Waals surface area (Å²) in [6.07, 6.45) is 3.79. The van der Waals surface area contributed by atoms with Gasteiger partial charge >= 0.3 is 0 Å². The minimum absolute atomic E-state index is 0.191. The molecule has 18 heavy (non-hydrogen) atoms. The topological polar surface area (TPSA) is 29.3 Å². The van der Waals surface area contributed by atoms with Gasteiger partial charge < -0.3 is 5.73 Å². The summed E-state index contributed by atoms with van der Waals surface area (Å²) in [5.74, 6) is 0. The van der Waals surface area contributed by atoms with Gasteiger partial charge in [0.05, 0.1) is 6.67 Å². The molecule has 1 aromatic rings. The van der Waals surface area contributed by atoms with Gasteiger partial charge in [-0.05, 0) is 43.4 Å². The maximum Gasteiger partial charge on any atom is 0.0894 e. The standard InChI is InChI=1S/C15H23FN2/c16-8-4-1-5-9-18-12-14-7-3-2-6-13(14)10-15(18)11-17/h2-3,6-7,15H,1,4-5,8-12,17H2. The first-order valence-electron chi connectivity index (χ1n) is 6.92. The molecule has 0 bridgehead atoms. The SMILES string of the molecule is NCC1Cc2ccccc2CN1CCCCCF. The van der Waals surface area contributed by atoms with E-state index in [9.17, 15) is 4.39 Å². The van der Waals surface area contributed by atoms with Crippen molar-refractivity contribution in [1.82, 2.24) is 4.90 Å². The van der Waals surface area contributed by atoms with Gasteiger partial charge in [0.2, 0.25) is 0 Å². The average molecular weight is 250 g/mol. The highest BCUT2D eigenvalue weighted by Crippen LogP contribution is 2.23. The Hall–Kier alpha value is -0.930. The van der Waals surface area contributed by atoms with Crippen molar-refractivity contribution >= 4 is 0 Å². The Morgan fingerprint density at radius 3 is 2.67 bits per heavy atom. The highest BCUT2D eigenvalue weighted by molar-refractivity contribution is 5.30. The minimum atomic E-state index is -0.191. The molecule has 0 aromatic heterocycles. The number of nitrogens with zero attached hydrogens (tertiary/aromatic N) is 1. The smallest absolute Gasteiger partial charge is 0.0894 e. The van der Waals surface area contributed by atoms with Crippen LogP contribution in [0.3, 0.4) is 0 Å². The van der Waals surface area contributed by atoms with Gasteiger partial charge in [0.1, 0.15) is 0 Å². The fourth-order valence-electron chi connectivity index (χ4n) is 2.72. The third-order valence-electron chi connectivity index (χ3n) is 3.81. The number of rotatable bonds is 6. The summed E-state index contributed by atoms with van der Waals surface area (Å²) in [6.45, 7) is 2.55. The molecule has 3 heteroatoms. The van der Waals surface area contributed by atoms with Gasteiger partial charge in [-0.3, -0.25) is 9.29 Å². The Kier molecular flexibility index (Phi) is 5.14. The summed E-state index contributed by atoms with van der Waals surface area (Å²) < 4.78 is 12.1. The van der Waals surface area contributed by atoms with Crippen LogP contribution in [-0.2, 0) is 13.0 Å². The van der Waals surface area contributed by atoms with Gasteiger partial charge in [0, 0.05) is 19.1 Å². The highest BCUT2D eigenvalue weighted by Gasteiger charge is 2.23. The number of halogens is 1. The highest BCUT2D eigenvalue weighted by atomic mass is 19.1. The third kappa shape index (κ3) is 3.30. The van der Waals surface area contributed by atoms with E-state index in [4.69, 9.17) is 5.73 Å². The van der Waals surface area contributed by atoms with Crippen LogP contribution < -0.4 is 5.73 Å². The van der Waals surface area contributed by atoms with Crippen LogP contribution in [0.4, 0.5) is 4.39 Å². The fourth-order valence-corrected chi connectivity index (χ4v) is 2.72. The summed E-state index contributed by atoms with van der Waals surface area (Å²) in [6, 6.07) is 9.06. The first-order valence-corrected chi connectivity index (χ1v) is 6.92. The van der Waals surface area contributed by atoms with Gasteiger partial charge in [-0.1, -0.05) is 24.3 Å². The lowest BCUT2D eigenvalue weighted by atomic mass is 9.94. The van der Waals surface area contributed by atoms with E-state index in [1.807, 2.05) is 0 Å². The Balaban J connectivity index is 1.94. The van der Waals surface area contributed by atoms with E-state index in [2.05, 4.69) is 29.2 Å². The van der Waals surface area contributed by atoms with Crippen molar-refractivity contribution < 1.29 is 4.39 Å². The van der Waals surface area contributed by atoms with E-state index in [-0.39, 0.29) is 6.67 Å². The molecule has 1 aliphatic heterocycles. The summed E-state index contributed by atoms with van der Waals surface area (Å²) in [4.78, 5) is 2.46. The van der Waals surface area contributed by atoms with Crippen molar-refractivity contribution in [2.75, 3.05) is 19.8 Å². The van der Waals surface area contributed by atoms with E-state index < -0.39 is 0 Å². The Labute approximate surface area is 109 Å². The molecule has 0 amide bonds. The number of alkyl halides is 1. The van der Waals surface area contributed by atoms with E-state index in [0.717, 1.165) is 32.4 Å². The number of unbranched alkanes of at least 4 members (excludes halogenated alkanes) is 2. The third-order valence-corrected chi connectivity index (χ3v) is 3.81. The zero-order valence-electron chi connectivity index (χ0n) is 10.9. The first-order chi connectivity index (χ1) is 8.85. The number of fused-ring (bicyclic) bond motifs is 1. The van der Waals surface area contributed by atoms with Crippen molar-refractivity contribution in [3.63, 3.8) is 0 Å². The largest absolute Gasteiger partial charge is 0.329 e. The molecular weight excluding hydrogens is 227 g/mol. The van der Waals surface area contributed by atoms with Crippen LogP contribution >= 0.6 is 0 Å². The Morgan fingerprint density at radius 2 is 1.94 bits per heavy atom. The van der Waals surface area contributed by atoms with Crippen LogP contribution in [0.1, 0.15) is 30.4 Å². The van der Waals surface area contributed by atoms with E-state index >= 15 is 0 Å². The van der Waals surface area contributed by atoms with Crippen LogP contribution in [0.25, 0.3) is 0 Å². The molecule has 1 atom stereocenters. The summed E-state index contributed by atoms with van der Waals surface area (Å²) >= 11 is 0. The van der Waals surface area contributed by atoms with Crippen molar-refractivity contribution in [1.29, 1.82) is 0 Å². The van der Waals surface area contributed by atoms with Gasteiger partial charge in [-0.15, -0.1) is 0 Å². The molecule has 0 radical (unpaired) electrons. The quantitative estimate of drug-likeness (QED) is 0.786. The predicted molar refractivity (Wildman–Crippen MR) is 73.2 cm³/mol. The number of nitrogens with two attached hydrogens (primary N) is 1. The molecule has 100 valence electrons. The van der Waals surface area contributed by atoms with Gasteiger partial charge in [0.25, 0.3) is 0 Å². The summed E-state index contributed by atoms with van der Waals surface area (Å²) in [5.41, 5.74) is 8.74. The molecule has 1 aromatic carbocycles. The average Bonchev–Trinajstić information content (AvgIpc) is 2.42. The maximum absolute atomic E-state index is 12.1. The molecule has 0 fully saturated rings. The molecule has 2 nitrogen and oxygen atoms in total. The van der Waals surface area contributed by atoms with Gasteiger partial charge in [-0.25, -0.2) is 0 Å². The molecule has 1 heterocycles. The molecule has 2 rings (SSSR count). The molecular formula is C15H23FN2. The maximum atomic E-state index is 12.1. The van der Waals surface area contributed by atoms with Crippen LogP contribution in [0, 0.1) is 0 Å². The second kappa shape index (κ2) is 6.86. The molecule has 1 aliphatic rings. The second-order valence-electron chi connectivity index (χ2n) is 5.08. The van der Waals surface area contributed by atoms with Crippen LogP contribution in [0.15, 0.2) is 24.3 Å². The first kappa shape index (κ1) is 13.5. The molecule has 0 saturated carbocycles. The molecule has 1 unspecified atom stereocenters. The molecule has 2 N–H and O–H groups in total. The molecule has 0 saturated heterocycles. The zero-order valence-corrected chi connectivity index (χ0v) is 10.9. The fraction of sp³-hybridized carbons (Fsp3) is 0.600. The lowest BCUT2D eigenvalue weighted by molar-refractivity contribution is 0.171. The van der Waals surface area contributed by atoms with Crippen LogP contribution in [0.2, 0.25) is 0 Å². The van der Waals surface area contributed by atoms with E-state index in [1.54, 1.807) is 0 Å². The predicted octanol–water partition coefficient (Wildman–Crippen LogP) is 2.51. The van der Waals surface area contributed by atoms with Crippen molar-refractivity contribution in [3.05, 3.63) is 35.4 Å². The second-order valence-corrected chi connectivity index (χ2v) is 5.08. The van der Waals surface area contributed by atoms with Crippen LogP contribution in [0.5, 0.6) is 0 Å². The minimum Gasteiger partial charge on any atom is -0.329 e. The number of hydrogen-bond donors (Lipinski definition) is 1. The van der Waals surface area contributed by atoms with Gasteiger partial charge in [0.15, 0.2) is 0 Å². The van der Waals surface area contributed by atoms with Crippen LogP contribution in [-0.4, -0.2) is 30.7 Å². The number of benzene rings is 1. The number of hydrogen-bond acceptors (Lipinski definition) is 2. The molecule has 0 aliphatic carbocycles. The van der Waals surface area contributed by atoms with Gasteiger partial charge in [-0.2, -0.15) is 0 Å². The Morgan fingerprint density at radius 1 is 1.17 bits per heavy atom.